The van der Waals surface area contributed by atoms with Crippen molar-refractivity contribution < 1.29 is 4.39 Å². The van der Waals surface area contributed by atoms with E-state index in [1.165, 1.54) is 10.7 Å². The highest BCUT2D eigenvalue weighted by atomic mass is 79.9. The molecule has 1 atom stereocenters. The van der Waals surface area contributed by atoms with E-state index >= 15 is 0 Å². The van der Waals surface area contributed by atoms with Crippen molar-refractivity contribution in [2.24, 2.45) is 5.73 Å². The van der Waals surface area contributed by atoms with Gasteiger partial charge in [-0.05, 0) is 24.6 Å². The van der Waals surface area contributed by atoms with E-state index < -0.39 is 0 Å². The zero-order chi connectivity index (χ0) is 13.1. The van der Waals surface area contributed by atoms with Crippen LogP contribution >= 0.6 is 15.9 Å². The van der Waals surface area contributed by atoms with E-state index in [1.807, 2.05) is 0 Å². The molecule has 2 N–H and O–H groups in total. The van der Waals surface area contributed by atoms with Gasteiger partial charge in [-0.1, -0.05) is 34.5 Å². The number of aromatic nitrogens is 3. The Hall–Kier alpha value is -1.27. The highest BCUT2D eigenvalue weighted by Gasteiger charge is 2.12. The van der Waals surface area contributed by atoms with Gasteiger partial charge in [0.2, 0.25) is 0 Å². The van der Waals surface area contributed by atoms with Crippen molar-refractivity contribution in [3.8, 4) is 5.69 Å². The van der Waals surface area contributed by atoms with Crippen LogP contribution in [0, 0.1) is 5.82 Å². The molecule has 0 aliphatic carbocycles. The van der Waals surface area contributed by atoms with Crippen LogP contribution in [0.4, 0.5) is 4.39 Å². The molecule has 0 saturated heterocycles. The maximum absolute atomic E-state index is 13.7. The van der Waals surface area contributed by atoms with Crippen molar-refractivity contribution in [2.75, 3.05) is 0 Å². The summed E-state index contributed by atoms with van der Waals surface area (Å²) in [6.07, 6.45) is 3.48. The highest BCUT2D eigenvalue weighted by Crippen LogP contribution is 2.19. The lowest BCUT2D eigenvalue weighted by Gasteiger charge is -2.05. The first-order valence-electron chi connectivity index (χ1n) is 5.75. The fraction of sp³-hybridized carbons (Fsp3) is 0.333. The molecule has 0 bridgehead atoms. The van der Waals surface area contributed by atoms with E-state index in [2.05, 4.69) is 33.2 Å². The summed E-state index contributed by atoms with van der Waals surface area (Å²) in [6.45, 7) is 2.05. The molecule has 1 aromatic carbocycles. The standard InChI is InChI=1S/C12H14BrFN4/c1-2-3-10(15)11-7-18(17-16-11)12-5-4-8(13)6-9(12)14/h4-7,10H,2-3,15H2,1H3. The Morgan fingerprint density at radius 2 is 2.28 bits per heavy atom. The van der Waals surface area contributed by atoms with Crippen LogP contribution in [0.3, 0.4) is 0 Å². The monoisotopic (exact) mass is 312 g/mol. The van der Waals surface area contributed by atoms with Gasteiger partial charge in [-0.15, -0.1) is 5.10 Å². The highest BCUT2D eigenvalue weighted by molar-refractivity contribution is 9.10. The summed E-state index contributed by atoms with van der Waals surface area (Å²) in [5, 5.41) is 7.90. The maximum Gasteiger partial charge on any atom is 0.150 e. The van der Waals surface area contributed by atoms with Crippen LogP contribution in [-0.2, 0) is 0 Å². The van der Waals surface area contributed by atoms with E-state index in [9.17, 15) is 4.39 Å². The van der Waals surface area contributed by atoms with E-state index in [1.54, 1.807) is 18.3 Å². The third-order valence-corrected chi connectivity index (χ3v) is 3.14. The second-order valence-electron chi connectivity index (χ2n) is 4.08. The predicted octanol–water partition coefficient (Wildman–Crippen LogP) is 2.97. The van der Waals surface area contributed by atoms with Crippen molar-refractivity contribution in [1.82, 2.24) is 15.0 Å². The molecular formula is C12H14BrFN4. The van der Waals surface area contributed by atoms with Crippen LogP contribution in [0.2, 0.25) is 0 Å². The van der Waals surface area contributed by atoms with Gasteiger partial charge >= 0.3 is 0 Å². The molecule has 0 radical (unpaired) electrons. The topological polar surface area (TPSA) is 56.7 Å². The second kappa shape index (κ2) is 5.58. The second-order valence-corrected chi connectivity index (χ2v) is 4.99. The molecule has 96 valence electrons. The molecule has 0 fully saturated rings. The molecule has 0 amide bonds. The Bertz CT molecular complexity index is 541. The molecular weight excluding hydrogens is 299 g/mol. The Morgan fingerprint density at radius 1 is 1.50 bits per heavy atom. The van der Waals surface area contributed by atoms with Gasteiger partial charge in [0.1, 0.15) is 11.5 Å². The number of nitrogens with zero attached hydrogens (tertiary/aromatic N) is 3. The minimum Gasteiger partial charge on any atom is -0.323 e. The summed E-state index contributed by atoms with van der Waals surface area (Å²) in [5.74, 6) is -0.357. The van der Waals surface area contributed by atoms with E-state index in [-0.39, 0.29) is 11.9 Å². The molecule has 0 spiro atoms. The molecule has 0 aliphatic rings. The Balaban J connectivity index is 2.29. The summed E-state index contributed by atoms with van der Waals surface area (Å²) in [5.41, 5.74) is 6.98. The fourth-order valence-electron chi connectivity index (χ4n) is 1.69. The van der Waals surface area contributed by atoms with Gasteiger partial charge in [-0.25, -0.2) is 9.07 Å². The largest absolute Gasteiger partial charge is 0.323 e. The SMILES string of the molecule is CCCC(N)c1cn(-c2ccc(Br)cc2F)nn1. The molecule has 1 heterocycles. The zero-order valence-electron chi connectivity index (χ0n) is 9.98. The summed E-state index contributed by atoms with van der Waals surface area (Å²) in [7, 11) is 0. The number of halogens is 2. The van der Waals surface area contributed by atoms with Crippen LogP contribution in [-0.4, -0.2) is 15.0 Å². The molecule has 1 aromatic heterocycles. The molecule has 2 aromatic rings. The number of hydrogen-bond acceptors (Lipinski definition) is 3. The molecule has 1 unspecified atom stereocenters. The predicted molar refractivity (Wildman–Crippen MR) is 70.9 cm³/mol. The fourth-order valence-corrected chi connectivity index (χ4v) is 2.02. The van der Waals surface area contributed by atoms with Gasteiger partial charge < -0.3 is 5.73 Å². The summed E-state index contributed by atoms with van der Waals surface area (Å²) in [4.78, 5) is 0. The summed E-state index contributed by atoms with van der Waals surface area (Å²) in [6, 6.07) is 4.64. The summed E-state index contributed by atoms with van der Waals surface area (Å²) < 4.78 is 15.8. The molecule has 6 heteroatoms. The van der Waals surface area contributed by atoms with E-state index in [0.29, 0.717) is 15.9 Å². The molecule has 0 aliphatic heterocycles. The molecule has 0 saturated carbocycles. The lowest BCUT2D eigenvalue weighted by molar-refractivity contribution is 0.605. The third kappa shape index (κ3) is 2.76. The van der Waals surface area contributed by atoms with E-state index in [0.717, 1.165) is 12.8 Å². The smallest absolute Gasteiger partial charge is 0.150 e. The van der Waals surface area contributed by atoms with Crippen LogP contribution in [0.5, 0.6) is 0 Å². The Kier molecular flexibility index (Phi) is 4.08. The number of benzene rings is 1. The van der Waals surface area contributed by atoms with Gasteiger partial charge in [-0.3, -0.25) is 0 Å². The minimum atomic E-state index is -0.357. The van der Waals surface area contributed by atoms with Gasteiger partial charge in [0.15, 0.2) is 0 Å². The number of rotatable bonds is 4. The Morgan fingerprint density at radius 3 is 2.94 bits per heavy atom. The lowest BCUT2D eigenvalue weighted by atomic mass is 10.1. The zero-order valence-corrected chi connectivity index (χ0v) is 11.6. The minimum absolute atomic E-state index is 0.151. The summed E-state index contributed by atoms with van der Waals surface area (Å²) >= 11 is 3.21. The van der Waals surface area contributed by atoms with Crippen LogP contribution in [0.15, 0.2) is 28.9 Å². The first-order valence-corrected chi connectivity index (χ1v) is 6.54. The van der Waals surface area contributed by atoms with Crippen molar-refractivity contribution in [3.05, 3.63) is 40.4 Å². The normalized spacial score (nSPS) is 12.7. The van der Waals surface area contributed by atoms with Crippen molar-refractivity contribution >= 4 is 15.9 Å². The number of nitrogens with two attached hydrogens (primary N) is 1. The van der Waals surface area contributed by atoms with E-state index in [4.69, 9.17) is 5.73 Å². The number of hydrogen-bond donors (Lipinski definition) is 1. The molecule has 4 nitrogen and oxygen atoms in total. The van der Waals surface area contributed by atoms with Gasteiger partial charge in [0.05, 0.1) is 17.9 Å². The van der Waals surface area contributed by atoms with Gasteiger partial charge in [-0.2, -0.15) is 0 Å². The average Bonchev–Trinajstić information content (AvgIpc) is 2.78. The molecule has 2 rings (SSSR count). The van der Waals surface area contributed by atoms with Crippen LogP contribution in [0.25, 0.3) is 5.69 Å². The first-order chi connectivity index (χ1) is 8.61. The lowest BCUT2D eigenvalue weighted by Crippen LogP contribution is -2.10. The first kappa shape index (κ1) is 13.2. The van der Waals surface area contributed by atoms with Crippen molar-refractivity contribution in [3.63, 3.8) is 0 Å². The van der Waals surface area contributed by atoms with Crippen molar-refractivity contribution in [2.45, 2.75) is 25.8 Å². The van der Waals surface area contributed by atoms with Crippen LogP contribution in [0.1, 0.15) is 31.5 Å². The molecule has 18 heavy (non-hydrogen) atoms. The van der Waals surface area contributed by atoms with Crippen LogP contribution < -0.4 is 5.73 Å². The van der Waals surface area contributed by atoms with Crippen molar-refractivity contribution in [1.29, 1.82) is 0 Å². The quantitative estimate of drug-likeness (QED) is 0.944. The maximum atomic E-state index is 13.7. The third-order valence-electron chi connectivity index (χ3n) is 2.65. The average molecular weight is 313 g/mol. The van der Waals surface area contributed by atoms with Gasteiger partial charge in [0.25, 0.3) is 0 Å². The Labute approximate surface area is 113 Å². The van der Waals surface area contributed by atoms with Gasteiger partial charge in [0, 0.05) is 4.47 Å².